The second kappa shape index (κ2) is 1.91. The lowest BCUT2D eigenvalue weighted by atomic mass is 9.45. The molecule has 0 N–H and O–H groups in total. The lowest BCUT2D eigenvalue weighted by Crippen LogP contribution is -2.51. The number of hydrogen-bond acceptors (Lipinski definition) is 0. The minimum Gasteiger partial charge on any atom is -0.0993 e. The second-order valence-corrected chi connectivity index (χ2v) is 5.02. The van der Waals surface area contributed by atoms with Gasteiger partial charge < -0.3 is 0 Å². The maximum absolute atomic E-state index is 4.21. The first-order chi connectivity index (χ1) is 5.03. The summed E-state index contributed by atoms with van der Waals surface area (Å²) in [5.74, 6) is 2.64. The van der Waals surface area contributed by atoms with Gasteiger partial charge in [0.15, 0.2) is 0 Å². The van der Waals surface area contributed by atoms with E-state index < -0.39 is 0 Å². The van der Waals surface area contributed by atoms with Crippen LogP contribution in [0.2, 0.25) is 0 Å². The molecule has 0 aromatic rings. The van der Waals surface area contributed by atoms with Gasteiger partial charge in [0.1, 0.15) is 0 Å². The topological polar surface area (TPSA) is 0 Å². The van der Waals surface area contributed by atoms with E-state index in [-0.39, 0.29) is 0 Å². The van der Waals surface area contributed by atoms with Crippen molar-refractivity contribution in [2.75, 3.05) is 0 Å². The third kappa shape index (κ3) is 0.758. The van der Waals surface area contributed by atoms with Crippen LogP contribution in [0.4, 0.5) is 0 Å². The van der Waals surface area contributed by atoms with Gasteiger partial charge >= 0.3 is 0 Å². The van der Waals surface area contributed by atoms with E-state index in [1.165, 1.54) is 18.4 Å². The Kier molecular flexibility index (Phi) is 1.28. The molecule has 3 atom stereocenters. The number of rotatable bonds is 0. The molecule has 0 unspecified atom stereocenters. The van der Waals surface area contributed by atoms with Crippen molar-refractivity contribution in [3.8, 4) is 0 Å². The summed E-state index contributed by atoms with van der Waals surface area (Å²) in [5, 5.41) is 0. The predicted molar refractivity (Wildman–Crippen MR) is 48.3 cm³/mol. The fourth-order valence-corrected chi connectivity index (χ4v) is 2.97. The highest BCUT2D eigenvalue weighted by molar-refractivity contribution is 5.21. The molecule has 0 spiro atoms. The SMILES string of the molecule is C=C1[C@@H](C)C[C@H]2C[C@@H]1C2(C)C. The van der Waals surface area contributed by atoms with Crippen LogP contribution < -0.4 is 0 Å². The lowest BCUT2D eigenvalue weighted by Gasteiger charge is -2.59. The zero-order chi connectivity index (χ0) is 8.22. The van der Waals surface area contributed by atoms with Crippen molar-refractivity contribution in [3.63, 3.8) is 0 Å². The normalized spacial score (nSPS) is 46.8. The minimum absolute atomic E-state index is 0.587. The van der Waals surface area contributed by atoms with Gasteiger partial charge in [0.25, 0.3) is 0 Å². The Balaban J connectivity index is 2.23. The maximum Gasteiger partial charge on any atom is -0.0146 e. The van der Waals surface area contributed by atoms with Gasteiger partial charge in [0.2, 0.25) is 0 Å². The Morgan fingerprint density at radius 3 is 2.36 bits per heavy atom. The van der Waals surface area contributed by atoms with Crippen LogP contribution in [0.3, 0.4) is 0 Å². The van der Waals surface area contributed by atoms with E-state index in [2.05, 4.69) is 27.4 Å². The molecule has 0 saturated heterocycles. The Hall–Kier alpha value is -0.260. The largest absolute Gasteiger partial charge is 0.0993 e. The van der Waals surface area contributed by atoms with Crippen LogP contribution in [0.5, 0.6) is 0 Å². The summed E-state index contributed by atoms with van der Waals surface area (Å²) >= 11 is 0. The molecule has 0 nitrogen and oxygen atoms in total. The Morgan fingerprint density at radius 1 is 1.36 bits per heavy atom. The van der Waals surface area contributed by atoms with E-state index in [1.54, 1.807) is 0 Å². The van der Waals surface area contributed by atoms with E-state index in [0.29, 0.717) is 5.41 Å². The van der Waals surface area contributed by atoms with Crippen molar-refractivity contribution in [3.05, 3.63) is 12.2 Å². The molecule has 0 radical (unpaired) electrons. The third-order valence-electron chi connectivity index (χ3n) is 4.19. The molecule has 3 fully saturated rings. The number of fused-ring (bicyclic) bond motifs is 2. The van der Waals surface area contributed by atoms with Gasteiger partial charge in [0.05, 0.1) is 0 Å². The number of allylic oxidation sites excluding steroid dienone is 1. The van der Waals surface area contributed by atoms with Gasteiger partial charge in [0, 0.05) is 0 Å². The standard InChI is InChI=1S/C11H18/c1-7-5-9-6-10(8(7)2)11(9,3)4/h7,9-10H,2,5-6H2,1,3-4H3/t7-,9-,10-/m0/s1. The molecular weight excluding hydrogens is 132 g/mol. The van der Waals surface area contributed by atoms with Gasteiger partial charge in [-0.15, -0.1) is 0 Å². The molecule has 3 aliphatic carbocycles. The second-order valence-electron chi connectivity index (χ2n) is 5.02. The highest BCUT2D eigenvalue weighted by Gasteiger charge is 2.53. The van der Waals surface area contributed by atoms with Gasteiger partial charge in [-0.25, -0.2) is 0 Å². The molecule has 3 aliphatic rings. The van der Waals surface area contributed by atoms with Crippen molar-refractivity contribution in [1.29, 1.82) is 0 Å². The smallest absolute Gasteiger partial charge is 0.0146 e. The van der Waals surface area contributed by atoms with Crippen molar-refractivity contribution < 1.29 is 0 Å². The summed E-state index contributed by atoms with van der Waals surface area (Å²) in [6.45, 7) is 11.4. The van der Waals surface area contributed by atoms with Gasteiger partial charge in [-0.2, -0.15) is 0 Å². The van der Waals surface area contributed by atoms with Crippen LogP contribution in [0.1, 0.15) is 33.6 Å². The maximum atomic E-state index is 4.21. The summed E-state index contributed by atoms with van der Waals surface area (Å²) in [7, 11) is 0. The van der Waals surface area contributed by atoms with Crippen molar-refractivity contribution in [1.82, 2.24) is 0 Å². The molecule has 0 aliphatic heterocycles. The molecule has 0 amide bonds. The molecule has 3 saturated carbocycles. The highest BCUT2D eigenvalue weighted by atomic mass is 14.6. The molecule has 0 aromatic heterocycles. The fourth-order valence-electron chi connectivity index (χ4n) is 2.97. The zero-order valence-electron chi connectivity index (χ0n) is 7.85. The Bertz CT molecular complexity index is 200. The van der Waals surface area contributed by atoms with Crippen LogP contribution in [0.25, 0.3) is 0 Å². The van der Waals surface area contributed by atoms with E-state index in [9.17, 15) is 0 Å². The van der Waals surface area contributed by atoms with Crippen LogP contribution in [0, 0.1) is 23.2 Å². The molecule has 0 heteroatoms. The summed E-state index contributed by atoms with van der Waals surface area (Å²) in [6.07, 6.45) is 2.82. The summed E-state index contributed by atoms with van der Waals surface area (Å²) in [4.78, 5) is 0. The van der Waals surface area contributed by atoms with Crippen molar-refractivity contribution in [2.24, 2.45) is 23.2 Å². The molecular formula is C11H18. The molecule has 0 aromatic carbocycles. The Morgan fingerprint density at radius 2 is 2.00 bits per heavy atom. The van der Waals surface area contributed by atoms with E-state index in [0.717, 1.165) is 17.8 Å². The van der Waals surface area contributed by atoms with Crippen molar-refractivity contribution >= 4 is 0 Å². The molecule has 11 heavy (non-hydrogen) atoms. The van der Waals surface area contributed by atoms with Crippen LogP contribution in [-0.2, 0) is 0 Å². The van der Waals surface area contributed by atoms with E-state index in [4.69, 9.17) is 0 Å². The van der Waals surface area contributed by atoms with Crippen LogP contribution in [-0.4, -0.2) is 0 Å². The quantitative estimate of drug-likeness (QED) is 0.465. The van der Waals surface area contributed by atoms with Crippen LogP contribution >= 0.6 is 0 Å². The third-order valence-corrected chi connectivity index (χ3v) is 4.19. The summed E-state index contributed by atoms with van der Waals surface area (Å²) < 4.78 is 0. The van der Waals surface area contributed by atoms with E-state index >= 15 is 0 Å². The first-order valence-corrected chi connectivity index (χ1v) is 4.72. The predicted octanol–water partition coefficient (Wildman–Crippen LogP) is 3.24. The molecule has 3 rings (SSSR count). The fraction of sp³-hybridized carbons (Fsp3) is 0.818. The highest BCUT2D eigenvalue weighted by Crippen LogP contribution is 2.62. The van der Waals surface area contributed by atoms with E-state index in [1.807, 2.05) is 0 Å². The average Bonchev–Trinajstić information content (AvgIpc) is 1.93. The van der Waals surface area contributed by atoms with Crippen molar-refractivity contribution in [2.45, 2.75) is 33.6 Å². The monoisotopic (exact) mass is 150 g/mol. The first-order valence-electron chi connectivity index (χ1n) is 4.72. The van der Waals surface area contributed by atoms with Gasteiger partial charge in [-0.05, 0) is 36.0 Å². The summed E-state index contributed by atoms with van der Waals surface area (Å²) in [5.41, 5.74) is 2.11. The Labute approximate surface area is 69.7 Å². The lowest BCUT2D eigenvalue weighted by molar-refractivity contribution is -0.0438. The molecule has 62 valence electrons. The first kappa shape index (κ1) is 7.39. The number of hydrogen-bond donors (Lipinski definition) is 0. The average molecular weight is 150 g/mol. The molecule has 2 bridgehead atoms. The summed E-state index contributed by atoms with van der Waals surface area (Å²) in [6, 6.07) is 0. The van der Waals surface area contributed by atoms with Gasteiger partial charge in [-0.1, -0.05) is 32.9 Å². The molecule has 0 heterocycles. The minimum atomic E-state index is 0.587. The van der Waals surface area contributed by atoms with Gasteiger partial charge in [-0.3, -0.25) is 0 Å². The van der Waals surface area contributed by atoms with Crippen LogP contribution in [0.15, 0.2) is 12.2 Å². The zero-order valence-corrected chi connectivity index (χ0v) is 7.85.